The second kappa shape index (κ2) is 10.3. The van der Waals surface area contributed by atoms with E-state index >= 15 is 0 Å². The Morgan fingerprint density at radius 1 is 1.09 bits per heavy atom. The zero-order valence-corrected chi connectivity index (χ0v) is 21.0. The van der Waals surface area contributed by atoms with Crippen molar-refractivity contribution in [2.75, 3.05) is 19.6 Å². The number of piperidine rings is 1. The van der Waals surface area contributed by atoms with Crippen LogP contribution in [0.25, 0.3) is 21.5 Å². The van der Waals surface area contributed by atoms with Gasteiger partial charge in [0.05, 0.1) is 10.6 Å². The van der Waals surface area contributed by atoms with E-state index in [1.807, 2.05) is 24.3 Å². The molecule has 0 saturated carbocycles. The number of thiophene rings is 1. The molecule has 1 aliphatic heterocycles. The fourth-order valence-electron chi connectivity index (χ4n) is 4.80. The van der Waals surface area contributed by atoms with Gasteiger partial charge in [0, 0.05) is 29.0 Å². The Bertz CT molecular complexity index is 1260. The molecule has 4 aromatic rings. The van der Waals surface area contributed by atoms with Crippen molar-refractivity contribution in [1.29, 1.82) is 0 Å². The van der Waals surface area contributed by atoms with Crippen LogP contribution in [0, 0.1) is 12.8 Å². The number of fused-ring (bicyclic) bond motifs is 1. The van der Waals surface area contributed by atoms with Crippen LogP contribution in [0.15, 0.2) is 66.0 Å². The average Bonchev–Trinajstić information content (AvgIpc) is 3.48. The highest BCUT2D eigenvalue weighted by molar-refractivity contribution is 7.13. The van der Waals surface area contributed by atoms with Gasteiger partial charge < -0.3 is 9.88 Å². The number of hydrogen-bond acceptors (Lipinski definition) is 3. The van der Waals surface area contributed by atoms with Gasteiger partial charge in [-0.3, -0.25) is 9.69 Å². The molecule has 2 aromatic heterocycles. The maximum absolute atomic E-state index is 13.0. The van der Waals surface area contributed by atoms with Crippen molar-refractivity contribution < 1.29 is 4.79 Å². The van der Waals surface area contributed by atoms with Gasteiger partial charge in [0.2, 0.25) is 5.91 Å². The second-order valence-corrected chi connectivity index (χ2v) is 10.7. The third kappa shape index (κ3) is 5.38. The summed E-state index contributed by atoms with van der Waals surface area (Å²) in [4.78, 5) is 16.6. The number of aromatic nitrogens is 1. The molecule has 6 heteroatoms. The topological polar surface area (TPSA) is 37.3 Å². The molecule has 1 fully saturated rings. The summed E-state index contributed by atoms with van der Waals surface area (Å²) in [5.41, 5.74) is 4.77. The first-order chi connectivity index (χ1) is 16.5. The van der Waals surface area contributed by atoms with Crippen LogP contribution in [-0.4, -0.2) is 35.0 Å². The molecule has 2 aromatic carbocycles. The lowest BCUT2D eigenvalue weighted by Gasteiger charge is -2.32. The van der Waals surface area contributed by atoms with Crippen molar-refractivity contribution in [3.8, 4) is 10.6 Å². The first-order valence-corrected chi connectivity index (χ1v) is 13.2. The Kier molecular flexibility index (Phi) is 7.05. The minimum atomic E-state index is 0.0624. The van der Waals surface area contributed by atoms with E-state index in [1.165, 1.54) is 11.1 Å². The smallest absolute Gasteiger partial charge is 0.239 e. The van der Waals surface area contributed by atoms with Crippen LogP contribution in [0.1, 0.15) is 24.0 Å². The van der Waals surface area contributed by atoms with Crippen molar-refractivity contribution in [2.45, 2.75) is 32.9 Å². The summed E-state index contributed by atoms with van der Waals surface area (Å²) in [5, 5.41) is 7.04. The van der Waals surface area contributed by atoms with Crippen LogP contribution in [0.4, 0.5) is 0 Å². The third-order valence-corrected chi connectivity index (χ3v) is 7.89. The summed E-state index contributed by atoms with van der Waals surface area (Å²) >= 11 is 7.90. The minimum Gasteiger partial charge on any atom is -0.354 e. The lowest BCUT2D eigenvalue weighted by Crippen LogP contribution is -2.39. The van der Waals surface area contributed by atoms with E-state index in [-0.39, 0.29) is 5.91 Å². The van der Waals surface area contributed by atoms with E-state index in [0.717, 1.165) is 60.5 Å². The van der Waals surface area contributed by atoms with Crippen LogP contribution in [0.5, 0.6) is 0 Å². The summed E-state index contributed by atoms with van der Waals surface area (Å²) < 4.78 is 2.11. The molecule has 1 N–H and O–H groups in total. The highest BCUT2D eigenvalue weighted by Gasteiger charge is 2.20. The van der Waals surface area contributed by atoms with E-state index in [4.69, 9.17) is 11.6 Å². The Hall–Kier alpha value is -2.60. The lowest BCUT2D eigenvalue weighted by atomic mass is 9.96. The van der Waals surface area contributed by atoms with Crippen LogP contribution >= 0.6 is 22.9 Å². The van der Waals surface area contributed by atoms with Gasteiger partial charge in [0.25, 0.3) is 0 Å². The molecule has 1 aliphatic rings. The monoisotopic (exact) mass is 491 g/mol. The zero-order chi connectivity index (χ0) is 23.5. The van der Waals surface area contributed by atoms with Gasteiger partial charge in [0.1, 0.15) is 6.54 Å². The molecule has 0 aliphatic carbocycles. The lowest BCUT2D eigenvalue weighted by molar-refractivity contribution is -0.121. The van der Waals surface area contributed by atoms with Gasteiger partial charge >= 0.3 is 0 Å². The number of hydrogen-bond donors (Lipinski definition) is 1. The summed E-state index contributed by atoms with van der Waals surface area (Å²) in [6.45, 7) is 6.36. The molecule has 3 heterocycles. The molecule has 5 rings (SSSR count). The largest absolute Gasteiger partial charge is 0.354 e. The summed E-state index contributed by atoms with van der Waals surface area (Å²) in [6, 6.07) is 21.0. The number of likely N-dealkylation sites (tertiary alicyclic amines) is 1. The van der Waals surface area contributed by atoms with Crippen molar-refractivity contribution in [2.24, 2.45) is 5.92 Å². The molecular formula is C28H30ClN3OS. The Labute approximate surface area is 210 Å². The van der Waals surface area contributed by atoms with Crippen LogP contribution in [0.2, 0.25) is 5.02 Å². The number of halogens is 1. The van der Waals surface area contributed by atoms with Crippen molar-refractivity contribution in [3.63, 3.8) is 0 Å². The molecular weight excluding hydrogens is 462 g/mol. The van der Waals surface area contributed by atoms with Crippen molar-refractivity contribution in [1.82, 2.24) is 14.8 Å². The van der Waals surface area contributed by atoms with E-state index in [1.54, 1.807) is 11.3 Å². The molecule has 34 heavy (non-hydrogen) atoms. The highest BCUT2D eigenvalue weighted by Crippen LogP contribution is 2.32. The van der Waals surface area contributed by atoms with E-state index in [0.29, 0.717) is 17.5 Å². The van der Waals surface area contributed by atoms with E-state index < -0.39 is 0 Å². The molecule has 0 spiro atoms. The van der Waals surface area contributed by atoms with Gasteiger partial charge in [-0.15, -0.1) is 11.3 Å². The molecule has 1 saturated heterocycles. The van der Waals surface area contributed by atoms with Crippen molar-refractivity contribution >= 4 is 39.7 Å². The normalized spacial score (nSPS) is 15.1. The maximum atomic E-state index is 13.0. The fourth-order valence-corrected chi connectivity index (χ4v) is 5.73. The maximum Gasteiger partial charge on any atom is 0.239 e. The quantitative estimate of drug-likeness (QED) is 0.326. The average molecular weight is 492 g/mol. The Morgan fingerprint density at radius 2 is 1.88 bits per heavy atom. The number of carbonyl (C=O) groups excluding carboxylic acids is 1. The van der Waals surface area contributed by atoms with Crippen LogP contribution in [0.3, 0.4) is 0 Å². The predicted molar refractivity (Wildman–Crippen MR) is 142 cm³/mol. The van der Waals surface area contributed by atoms with Crippen LogP contribution in [-0.2, 0) is 17.9 Å². The third-order valence-electron chi connectivity index (χ3n) is 6.76. The highest BCUT2D eigenvalue weighted by atomic mass is 35.5. The Morgan fingerprint density at radius 3 is 2.62 bits per heavy atom. The summed E-state index contributed by atoms with van der Waals surface area (Å²) in [6.07, 6.45) is 2.25. The number of benzene rings is 2. The van der Waals surface area contributed by atoms with Crippen molar-refractivity contribution in [3.05, 3.63) is 82.2 Å². The first-order valence-electron chi connectivity index (χ1n) is 11.9. The summed E-state index contributed by atoms with van der Waals surface area (Å²) in [5.74, 6) is 0.600. The number of carbonyl (C=O) groups is 1. The Balaban J connectivity index is 1.17. The van der Waals surface area contributed by atoms with Crippen LogP contribution < -0.4 is 5.32 Å². The molecule has 0 bridgehead atoms. The predicted octanol–water partition coefficient (Wildman–Crippen LogP) is 6.36. The fraction of sp³-hybridized carbons (Fsp3) is 0.321. The standard InChI is InChI=1S/C28H30ClN3OS/c1-20-4-6-22(7-5-20)18-31-12-10-21(11-13-31)17-30-28(33)19-32-25-9-8-24(29)15-23(25)16-26(32)27-3-2-14-34-27/h2-9,14-16,21H,10-13,17-19H2,1H3,(H,30,33). The number of amides is 1. The van der Waals surface area contributed by atoms with Gasteiger partial charge in [-0.1, -0.05) is 47.5 Å². The van der Waals surface area contributed by atoms with E-state index in [9.17, 15) is 4.79 Å². The second-order valence-electron chi connectivity index (χ2n) is 9.31. The molecule has 1 amide bonds. The van der Waals surface area contributed by atoms with Gasteiger partial charge in [0.15, 0.2) is 0 Å². The molecule has 4 nitrogen and oxygen atoms in total. The molecule has 176 valence electrons. The molecule has 0 radical (unpaired) electrons. The number of nitrogens with zero attached hydrogens (tertiary/aromatic N) is 2. The molecule has 0 unspecified atom stereocenters. The molecule has 0 atom stereocenters. The van der Waals surface area contributed by atoms with Gasteiger partial charge in [-0.05, 0) is 80.0 Å². The van der Waals surface area contributed by atoms with E-state index in [2.05, 4.69) is 63.5 Å². The number of aryl methyl sites for hydroxylation is 1. The zero-order valence-electron chi connectivity index (χ0n) is 19.5. The van der Waals surface area contributed by atoms with Gasteiger partial charge in [-0.25, -0.2) is 0 Å². The number of nitrogens with one attached hydrogen (secondary N) is 1. The summed E-state index contributed by atoms with van der Waals surface area (Å²) in [7, 11) is 0. The van der Waals surface area contributed by atoms with Gasteiger partial charge in [-0.2, -0.15) is 0 Å². The number of rotatable bonds is 7. The SMILES string of the molecule is Cc1ccc(CN2CCC(CNC(=O)Cn3c(-c4cccs4)cc4cc(Cl)ccc43)CC2)cc1. The minimum absolute atomic E-state index is 0.0624. The first kappa shape index (κ1) is 23.2.